The number of hydrogen-bond donors (Lipinski definition) is 0. The van der Waals surface area contributed by atoms with Gasteiger partial charge in [0.2, 0.25) is 5.78 Å². The topological polar surface area (TPSA) is 22.0 Å². The predicted molar refractivity (Wildman–Crippen MR) is 114 cm³/mol. The van der Waals surface area contributed by atoms with E-state index in [9.17, 15) is 4.79 Å². The van der Waals surface area contributed by atoms with E-state index >= 15 is 0 Å². The zero-order chi connectivity index (χ0) is 19.1. The standard InChI is InChI=1S/C26H21NO/c1-18-11-13-20(14-12-18)23-17-24-22-10-6-5-7-19(22)15-16-27(24)25(23)26(28)21-8-3-2-4-9-21/h2-14,17H,15-16H2,1H3. The Kier molecular flexibility index (Phi) is 3.98. The third-order valence-electron chi connectivity index (χ3n) is 5.61. The zero-order valence-electron chi connectivity index (χ0n) is 15.9. The summed E-state index contributed by atoms with van der Waals surface area (Å²) in [5.41, 5.74) is 8.56. The van der Waals surface area contributed by atoms with Gasteiger partial charge in [-0.05, 0) is 30.5 Å². The molecule has 0 radical (unpaired) electrons. The van der Waals surface area contributed by atoms with Gasteiger partial charge in [-0.1, -0.05) is 84.4 Å². The molecule has 2 heterocycles. The van der Waals surface area contributed by atoms with Crippen LogP contribution in [0, 0.1) is 6.92 Å². The molecule has 0 fully saturated rings. The number of fused-ring (bicyclic) bond motifs is 3. The van der Waals surface area contributed by atoms with Crippen molar-refractivity contribution in [2.24, 2.45) is 0 Å². The molecule has 0 saturated heterocycles. The van der Waals surface area contributed by atoms with Crippen LogP contribution >= 0.6 is 0 Å². The molecule has 4 aromatic rings. The summed E-state index contributed by atoms with van der Waals surface area (Å²) in [7, 11) is 0. The van der Waals surface area contributed by atoms with Gasteiger partial charge < -0.3 is 4.57 Å². The number of aryl methyl sites for hydroxylation is 2. The summed E-state index contributed by atoms with van der Waals surface area (Å²) in [5, 5.41) is 0. The molecule has 1 aliphatic heterocycles. The van der Waals surface area contributed by atoms with Crippen molar-refractivity contribution >= 4 is 5.78 Å². The quantitative estimate of drug-likeness (QED) is 0.414. The van der Waals surface area contributed by atoms with Gasteiger partial charge >= 0.3 is 0 Å². The maximum atomic E-state index is 13.5. The first-order valence-corrected chi connectivity index (χ1v) is 9.71. The van der Waals surface area contributed by atoms with E-state index in [-0.39, 0.29) is 5.78 Å². The third-order valence-corrected chi connectivity index (χ3v) is 5.61. The third kappa shape index (κ3) is 2.69. The second-order valence-corrected chi connectivity index (χ2v) is 7.41. The first-order valence-electron chi connectivity index (χ1n) is 9.71. The minimum Gasteiger partial charge on any atom is -0.337 e. The summed E-state index contributed by atoms with van der Waals surface area (Å²) in [5.74, 6) is 0.0850. The van der Waals surface area contributed by atoms with Crippen molar-refractivity contribution in [3.05, 3.63) is 107 Å². The number of benzene rings is 3. The fraction of sp³-hybridized carbons (Fsp3) is 0.115. The highest BCUT2D eigenvalue weighted by Gasteiger charge is 2.26. The Balaban J connectivity index is 1.76. The molecule has 5 rings (SSSR count). The van der Waals surface area contributed by atoms with Crippen LogP contribution in [0.25, 0.3) is 22.4 Å². The van der Waals surface area contributed by atoms with Crippen LogP contribution < -0.4 is 0 Å². The lowest BCUT2D eigenvalue weighted by atomic mass is 9.98. The molecule has 0 saturated carbocycles. The largest absolute Gasteiger partial charge is 0.337 e. The summed E-state index contributed by atoms with van der Waals surface area (Å²) in [4.78, 5) is 13.5. The molecule has 0 N–H and O–H groups in total. The average molecular weight is 363 g/mol. The average Bonchev–Trinajstić information content (AvgIpc) is 3.14. The summed E-state index contributed by atoms with van der Waals surface area (Å²) >= 11 is 0. The van der Waals surface area contributed by atoms with E-state index in [0.717, 1.165) is 41.0 Å². The Morgan fingerprint density at radius 2 is 1.54 bits per heavy atom. The van der Waals surface area contributed by atoms with Crippen LogP contribution in [0.5, 0.6) is 0 Å². The van der Waals surface area contributed by atoms with Crippen LogP contribution in [-0.4, -0.2) is 10.4 Å². The number of carbonyl (C=O) groups excluding carboxylic acids is 1. The fourth-order valence-electron chi connectivity index (χ4n) is 4.15. The zero-order valence-corrected chi connectivity index (χ0v) is 15.9. The number of rotatable bonds is 3. The maximum absolute atomic E-state index is 13.5. The fourth-order valence-corrected chi connectivity index (χ4v) is 4.15. The molecule has 0 amide bonds. The van der Waals surface area contributed by atoms with Crippen LogP contribution in [0.2, 0.25) is 0 Å². The predicted octanol–water partition coefficient (Wildman–Crippen LogP) is 5.92. The number of carbonyl (C=O) groups is 1. The van der Waals surface area contributed by atoms with Crippen LogP contribution in [0.1, 0.15) is 27.2 Å². The number of ketones is 1. The highest BCUT2D eigenvalue weighted by atomic mass is 16.1. The Morgan fingerprint density at radius 3 is 2.32 bits per heavy atom. The number of nitrogens with zero attached hydrogens (tertiary/aromatic N) is 1. The molecule has 0 spiro atoms. The Hall–Kier alpha value is -3.39. The van der Waals surface area contributed by atoms with Gasteiger partial charge in [-0.3, -0.25) is 4.79 Å². The van der Waals surface area contributed by atoms with Gasteiger partial charge in [0.05, 0.1) is 5.69 Å². The van der Waals surface area contributed by atoms with Gasteiger partial charge in [0, 0.05) is 28.9 Å². The van der Waals surface area contributed by atoms with E-state index in [0.29, 0.717) is 0 Å². The molecule has 0 bridgehead atoms. The van der Waals surface area contributed by atoms with Crippen molar-refractivity contribution in [3.63, 3.8) is 0 Å². The maximum Gasteiger partial charge on any atom is 0.210 e. The summed E-state index contributed by atoms with van der Waals surface area (Å²) < 4.78 is 2.22. The molecule has 2 nitrogen and oxygen atoms in total. The lowest BCUT2D eigenvalue weighted by Gasteiger charge is -2.21. The van der Waals surface area contributed by atoms with Crippen molar-refractivity contribution in [1.82, 2.24) is 4.57 Å². The molecule has 0 unspecified atom stereocenters. The van der Waals surface area contributed by atoms with Crippen molar-refractivity contribution < 1.29 is 4.79 Å². The minimum atomic E-state index is 0.0850. The molecule has 3 aromatic carbocycles. The SMILES string of the molecule is Cc1ccc(-c2cc3n(c2C(=O)c2ccccc2)CCc2ccccc2-3)cc1. The molecule has 28 heavy (non-hydrogen) atoms. The molecular formula is C26H21NO. The van der Waals surface area contributed by atoms with Crippen LogP contribution in [-0.2, 0) is 13.0 Å². The van der Waals surface area contributed by atoms with Gasteiger partial charge in [0.25, 0.3) is 0 Å². The second-order valence-electron chi connectivity index (χ2n) is 7.41. The van der Waals surface area contributed by atoms with Crippen molar-refractivity contribution in [2.75, 3.05) is 0 Å². The van der Waals surface area contributed by atoms with Crippen molar-refractivity contribution in [2.45, 2.75) is 19.9 Å². The molecule has 0 aliphatic carbocycles. The minimum absolute atomic E-state index is 0.0850. The first-order chi connectivity index (χ1) is 13.7. The molecule has 1 aromatic heterocycles. The van der Waals surface area contributed by atoms with Gasteiger partial charge in [0.15, 0.2) is 0 Å². The Bertz CT molecular complexity index is 1170. The number of aromatic nitrogens is 1. The summed E-state index contributed by atoms with van der Waals surface area (Å²) in [6, 6.07) is 28.8. The van der Waals surface area contributed by atoms with Gasteiger partial charge in [-0.2, -0.15) is 0 Å². The van der Waals surface area contributed by atoms with E-state index in [4.69, 9.17) is 0 Å². The van der Waals surface area contributed by atoms with E-state index in [1.165, 1.54) is 16.7 Å². The van der Waals surface area contributed by atoms with Crippen LogP contribution in [0.15, 0.2) is 84.9 Å². The smallest absolute Gasteiger partial charge is 0.210 e. The lowest BCUT2D eigenvalue weighted by Crippen LogP contribution is -2.17. The van der Waals surface area contributed by atoms with E-state index in [2.05, 4.69) is 66.1 Å². The highest BCUT2D eigenvalue weighted by molar-refractivity contribution is 6.12. The lowest BCUT2D eigenvalue weighted by molar-refractivity contribution is 0.103. The van der Waals surface area contributed by atoms with Gasteiger partial charge in [0.1, 0.15) is 0 Å². The van der Waals surface area contributed by atoms with Gasteiger partial charge in [-0.25, -0.2) is 0 Å². The summed E-state index contributed by atoms with van der Waals surface area (Å²) in [6.07, 6.45) is 0.945. The van der Waals surface area contributed by atoms with E-state index in [1.54, 1.807) is 0 Å². The van der Waals surface area contributed by atoms with Crippen molar-refractivity contribution in [3.8, 4) is 22.4 Å². The second kappa shape index (κ2) is 6.65. The molecule has 1 aliphatic rings. The van der Waals surface area contributed by atoms with Crippen LogP contribution in [0.4, 0.5) is 0 Å². The van der Waals surface area contributed by atoms with Crippen LogP contribution in [0.3, 0.4) is 0 Å². The summed E-state index contributed by atoms with van der Waals surface area (Å²) in [6.45, 7) is 2.91. The van der Waals surface area contributed by atoms with E-state index < -0.39 is 0 Å². The van der Waals surface area contributed by atoms with Gasteiger partial charge in [-0.15, -0.1) is 0 Å². The molecule has 2 heteroatoms. The Labute approximate surface area is 165 Å². The highest BCUT2D eigenvalue weighted by Crippen LogP contribution is 2.38. The van der Waals surface area contributed by atoms with Crippen molar-refractivity contribution in [1.29, 1.82) is 0 Å². The normalized spacial score (nSPS) is 12.3. The Morgan fingerprint density at radius 1 is 0.821 bits per heavy atom. The molecular weight excluding hydrogens is 342 g/mol. The molecule has 0 atom stereocenters. The molecule has 136 valence electrons. The van der Waals surface area contributed by atoms with E-state index in [1.807, 2.05) is 30.3 Å². The first kappa shape index (κ1) is 16.8. The number of hydrogen-bond acceptors (Lipinski definition) is 1. The monoisotopic (exact) mass is 363 g/mol.